The van der Waals surface area contributed by atoms with Gasteiger partial charge in [-0.15, -0.1) is 0 Å². The summed E-state index contributed by atoms with van der Waals surface area (Å²) in [6, 6.07) is 31.9. The summed E-state index contributed by atoms with van der Waals surface area (Å²) in [4.78, 5) is 4.86. The summed E-state index contributed by atoms with van der Waals surface area (Å²) >= 11 is 0. The summed E-state index contributed by atoms with van der Waals surface area (Å²) in [5.74, 6) is 0.779. The summed E-state index contributed by atoms with van der Waals surface area (Å²) in [7, 11) is -0.437. The van der Waals surface area contributed by atoms with Crippen LogP contribution in [0.15, 0.2) is 96.0 Å². The highest BCUT2D eigenvalue weighted by atomic mass is 31.1. The maximum atomic E-state index is 5.88. The molecule has 3 aromatic carbocycles. The van der Waals surface area contributed by atoms with E-state index in [0.717, 1.165) is 17.6 Å². The highest BCUT2D eigenvalue weighted by Gasteiger charge is 2.25. The molecule has 1 heterocycles. The number of hydrogen-bond donors (Lipinski definition) is 0. The average molecular weight is 345 g/mol. The molecule has 0 aliphatic carbocycles. The predicted molar refractivity (Wildman–Crippen MR) is 107 cm³/mol. The van der Waals surface area contributed by atoms with Gasteiger partial charge in [-0.05, 0) is 30.7 Å². The zero-order valence-corrected chi connectivity index (χ0v) is 14.8. The lowest BCUT2D eigenvalue weighted by Crippen LogP contribution is -2.21. The van der Waals surface area contributed by atoms with E-state index in [0.29, 0.717) is 6.61 Å². The second-order valence-corrected chi connectivity index (χ2v) is 8.30. The van der Waals surface area contributed by atoms with Gasteiger partial charge in [0.15, 0.2) is 0 Å². The molecule has 124 valence electrons. The molecule has 0 spiro atoms. The molecule has 3 aromatic rings. The molecule has 0 saturated carbocycles. The third-order valence-electron chi connectivity index (χ3n) is 4.26. The molecule has 1 aliphatic heterocycles. The maximum absolute atomic E-state index is 5.88. The Kier molecular flexibility index (Phi) is 4.90. The van der Waals surface area contributed by atoms with Gasteiger partial charge in [-0.2, -0.15) is 0 Å². The topological polar surface area (TPSA) is 21.6 Å². The first-order valence-electron chi connectivity index (χ1n) is 8.54. The summed E-state index contributed by atoms with van der Waals surface area (Å²) < 4.78 is 5.88. The van der Waals surface area contributed by atoms with Gasteiger partial charge < -0.3 is 4.74 Å². The average Bonchev–Trinajstić information content (AvgIpc) is 3.17. The lowest BCUT2D eigenvalue weighted by molar-refractivity contribution is 0.325. The van der Waals surface area contributed by atoms with Crippen LogP contribution in [0.25, 0.3) is 0 Å². The number of hydrogen-bond acceptors (Lipinski definition) is 2. The van der Waals surface area contributed by atoms with Crippen molar-refractivity contribution in [3.05, 3.63) is 96.6 Å². The van der Waals surface area contributed by atoms with E-state index >= 15 is 0 Å². The molecule has 25 heavy (non-hydrogen) atoms. The van der Waals surface area contributed by atoms with E-state index in [1.807, 2.05) is 18.2 Å². The van der Waals surface area contributed by atoms with E-state index in [4.69, 9.17) is 9.73 Å². The summed E-state index contributed by atoms with van der Waals surface area (Å²) in [5.41, 5.74) is 1.06. The molecule has 1 aliphatic rings. The molecular weight excluding hydrogens is 325 g/mol. The van der Waals surface area contributed by atoms with Gasteiger partial charge in [-0.1, -0.05) is 78.9 Å². The van der Waals surface area contributed by atoms with E-state index in [9.17, 15) is 0 Å². The van der Waals surface area contributed by atoms with Crippen molar-refractivity contribution in [1.29, 1.82) is 0 Å². The zero-order chi connectivity index (χ0) is 16.9. The molecular formula is C22H20NOP. The lowest BCUT2D eigenvalue weighted by atomic mass is 10.2. The van der Waals surface area contributed by atoms with Crippen LogP contribution in [0.5, 0.6) is 0 Å². The number of aliphatic imine (C=N–C) groups is 1. The molecule has 1 unspecified atom stereocenters. The standard InChI is InChI=1S/C22H20NOP/c1-4-10-18(11-5-1)22-23-19(16-24-22)17-25(20-12-6-2-7-13-20)21-14-8-3-9-15-21/h1-15,19H,16-17H2. The smallest absolute Gasteiger partial charge is 0.216 e. The molecule has 3 heteroatoms. The fraction of sp³-hybridized carbons (Fsp3) is 0.136. The highest BCUT2D eigenvalue weighted by molar-refractivity contribution is 7.73. The van der Waals surface area contributed by atoms with Crippen molar-refractivity contribution in [3.63, 3.8) is 0 Å². The maximum Gasteiger partial charge on any atom is 0.216 e. The van der Waals surface area contributed by atoms with Crippen LogP contribution < -0.4 is 10.6 Å². The van der Waals surface area contributed by atoms with Gasteiger partial charge in [0, 0.05) is 11.7 Å². The molecule has 0 aromatic heterocycles. The summed E-state index contributed by atoms with van der Waals surface area (Å²) in [6.07, 6.45) is 1.01. The van der Waals surface area contributed by atoms with Crippen LogP contribution >= 0.6 is 7.92 Å². The van der Waals surface area contributed by atoms with E-state index < -0.39 is 7.92 Å². The number of rotatable bonds is 5. The minimum Gasteiger partial charge on any atom is -0.475 e. The first-order chi connectivity index (χ1) is 12.4. The van der Waals surface area contributed by atoms with Crippen molar-refractivity contribution >= 4 is 24.4 Å². The predicted octanol–water partition coefficient (Wildman–Crippen LogP) is 3.96. The normalized spacial score (nSPS) is 16.5. The van der Waals surface area contributed by atoms with Crippen LogP contribution in [0.3, 0.4) is 0 Å². The Morgan fingerprint density at radius 1 is 0.760 bits per heavy atom. The lowest BCUT2D eigenvalue weighted by Gasteiger charge is -2.20. The Hall–Kier alpha value is -2.44. The van der Waals surface area contributed by atoms with Gasteiger partial charge in [-0.3, -0.25) is 0 Å². The Morgan fingerprint density at radius 3 is 1.84 bits per heavy atom. The van der Waals surface area contributed by atoms with Crippen LogP contribution in [0, 0.1) is 0 Å². The Labute approximate surface area is 150 Å². The molecule has 0 radical (unpaired) electrons. The largest absolute Gasteiger partial charge is 0.475 e. The molecule has 0 bridgehead atoms. The van der Waals surface area contributed by atoms with Crippen molar-refractivity contribution in [2.24, 2.45) is 4.99 Å². The molecule has 0 N–H and O–H groups in total. The first-order valence-corrected chi connectivity index (χ1v) is 10.1. The van der Waals surface area contributed by atoms with Gasteiger partial charge in [0.2, 0.25) is 5.90 Å². The molecule has 2 nitrogen and oxygen atoms in total. The monoisotopic (exact) mass is 345 g/mol. The van der Waals surface area contributed by atoms with Crippen LogP contribution in [0.4, 0.5) is 0 Å². The minimum atomic E-state index is -0.437. The third kappa shape index (κ3) is 3.81. The molecule has 4 rings (SSSR count). The first kappa shape index (κ1) is 16.1. The van der Waals surface area contributed by atoms with Crippen molar-refractivity contribution in [2.45, 2.75) is 6.04 Å². The second kappa shape index (κ2) is 7.63. The van der Waals surface area contributed by atoms with E-state index in [1.165, 1.54) is 10.6 Å². The van der Waals surface area contributed by atoms with Crippen LogP contribution in [0.1, 0.15) is 5.56 Å². The van der Waals surface area contributed by atoms with Gasteiger partial charge in [0.1, 0.15) is 6.61 Å². The Bertz CT molecular complexity index is 794. The SMILES string of the molecule is c1ccc(C2=NC(CP(c3ccccc3)c3ccccc3)CO2)cc1. The van der Waals surface area contributed by atoms with Gasteiger partial charge in [-0.25, -0.2) is 4.99 Å². The molecule has 1 atom stereocenters. The van der Waals surface area contributed by atoms with E-state index in [2.05, 4.69) is 72.8 Å². The molecule has 0 fully saturated rings. The van der Waals surface area contributed by atoms with Gasteiger partial charge >= 0.3 is 0 Å². The van der Waals surface area contributed by atoms with E-state index in [1.54, 1.807) is 0 Å². The highest BCUT2D eigenvalue weighted by Crippen LogP contribution is 2.35. The zero-order valence-electron chi connectivity index (χ0n) is 14.0. The van der Waals surface area contributed by atoms with Crippen LogP contribution in [-0.4, -0.2) is 24.7 Å². The Balaban J connectivity index is 1.59. The van der Waals surface area contributed by atoms with Crippen LogP contribution in [0.2, 0.25) is 0 Å². The van der Waals surface area contributed by atoms with Gasteiger partial charge in [0.05, 0.1) is 6.04 Å². The molecule has 0 saturated heterocycles. The summed E-state index contributed by atoms with van der Waals surface area (Å²) in [5, 5.41) is 2.79. The number of ether oxygens (including phenoxy) is 1. The van der Waals surface area contributed by atoms with Crippen LogP contribution in [-0.2, 0) is 4.74 Å². The number of nitrogens with zero attached hydrogens (tertiary/aromatic N) is 1. The van der Waals surface area contributed by atoms with Crippen molar-refractivity contribution < 1.29 is 4.74 Å². The van der Waals surface area contributed by atoms with Gasteiger partial charge in [0.25, 0.3) is 0 Å². The molecule has 0 amide bonds. The van der Waals surface area contributed by atoms with Crippen molar-refractivity contribution in [2.75, 3.05) is 12.8 Å². The summed E-state index contributed by atoms with van der Waals surface area (Å²) in [6.45, 7) is 0.669. The van der Waals surface area contributed by atoms with Crippen molar-refractivity contribution in [3.8, 4) is 0 Å². The number of benzene rings is 3. The van der Waals surface area contributed by atoms with Crippen molar-refractivity contribution in [1.82, 2.24) is 0 Å². The minimum absolute atomic E-state index is 0.210. The Morgan fingerprint density at radius 2 is 1.28 bits per heavy atom. The fourth-order valence-electron chi connectivity index (χ4n) is 3.03. The fourth-order valence-corrected chi connectivity index (χ4v) is 5.43. The van der Waals surface area contributed by atoms with E-state index in [-0.39, 0.29) is 6.04 Å². The third-order valence-corrected chi connectivity index (χ3v) is 6.89. The second-order valence-electron chi connectivity index (χ2n) is 6.05. The quantitative estimate of drug-likeness (QED) is 0.641.